The molecule has 5 heteroatoms. The molecule has 2 aromatic rings. The first-order chi connectivity index (χ1) is 11.1. The number of allylic oxidation sites excluding steroid dienone is 3. The fourth-order valence-corrected chi connectivity index (χ4v) is 2.07. The topological polar surface area (TPSA) is 54.4 Å². The Labute approximate surface area is 143 Å². The molecule has 0 aliphatic heterocycles. The van der Waals surface area contributed by atoms with E-state index in [9.17, 15) is 4.79 Å². The number of nitrogens with zero attached hydrogens (tertiary/aromatic N) is 2. The highest BCUT2D eigenvalue weighted by molar-refractivity contribution is 9.10. The van der Waals surface area contributed by atoms with E-state index < -0.39 is 0 Å². The largest absolute Gasteiger partial charge is 0.272 e. The molecule has 0 saturated heterocycles. The minimum atomic E-state index is -0.300. The lowest BCUT2D eigenvalue weighted by molar-refractivity contribution is 0.0954. The van der Waals surface area contributed by atoms with E-state index >= 15 is 0 Å². The lowest BCUT2D eigenvalue weighted by atomic mass is 10.2. The molecule has 0 bridgehead atoms. The van der Waals surface area contributed by atoms with Crippen LogP contribution in [-0.2, 0) is 0 Å². The smallest absolute Gasteiger partial charge is 0.267 e. The molecule has 1 N–H and O–H groups in total. The van der Waals surface area contributed by atoms with Crippen LogP contribution in [0.25, 0.3) is 6.08 Å². The van der Waals surface area contributed by atoms with E-state index in [1.54, 1.807) is 12.3 Å². The predicted molar refractivity (Wildman–Crippen MR) is 97.1 cm³/mol. The van der Waals surface area contributed by atoms with Crippen LogP contribution in [0.15, 0.2) is 76.6 Å². The number of hydrazone groups is 1. The normalized spacial score (nSPS) is 12.0. The van der Waals surface area contributed by atoms with Crippen LogP contribution in [0.1, 0.15) is 22.8 Å². The third kappa shape index (κ3) is 6.00. The van der Waals surface area contributed by atoms with E-state index in [0.29, 0.717) is 11.3 Å². The summed E-state index contributed by atoms with van der Waals surface area (Å²) in [5.41, 5.74) is 4.77. The quantitative estimate of drug-likeness (QED) is 0.487. The summed E-state index contributed by atoms with van der Waals surface area (Å²) in [6.07, 6.45) is 10.7. The molecular formula is C18H16BrN3O. The number of nitrogens with one attached hydrogen (secondary N) is 1. The monoisotopic (exact) mass is 369 g/mol. The van der Waals surface area contributed by atoms with Gasteiger partial charge in [-0.15, -0.1) is 0 Å². The molecule has 1 heterocycles. The average Bonchev–Trinajstić information content (AvgIpc) is 2.57. The Balaban J connectivity index is 1.89. The summed E-state index contributed by atoms with van der Waals surface area (Å²) in [6, 6.07) is 11.7. The number of rotatable bonds is 5. The lowest BCUT2D eigenvalue weighted by Gasteiger charge is -2.00. The fourth-order valence-electron chi connectivity index (χ4n) is 1.70. The van der Waals surface area contributed by atoms with Crippen molar-refractivity contribution in [3.63, 3.8) is 0 Å². The van der Waals surface area contributed by atoms with E-state index in [1.807, 2.05) is 61.6 Å². The number of hydrogen-bond donors (Lipinski definition) is 1. The van der Waals surface area contributed by atoms with Crippen LogP contribution in [0.5, 0.6) is 0 Å². The Morgan fingerprint density at radius 3 is 2.74 bits per heavy atom. The zero-order chi connectivity index (χ0) is 16.5. The minimum absolute atomic E-state index is 0.300. The molecule has 0 aliphatic carbocycles. The Kier molecular flexibility index (Phi) is 6.44. The number of amides is 1. The molecule has 0 spiro atoms. The molecule has 0 aliphatic rings. The maximum absolute atomic E-state index is 11.9. The van der Waals surface area contributed by atoms with Crippen LogP contribution in [-0.4, -0.2) is 16.6 Å². The highest BCUT2D eigenvalue weighted by atomic mass is 79.9. The van der Waals surface area contributed by atoms with Crippen molar-refractivity contribution in [3.05, 3.63) is 82.6 Å². The van der Waals surface area contributed by atoms with Gasteiger partial charge in [0.25, 0.3) is 5.91 Å². The van der Waals surface area contributed by atoms with Crippen LogP contribution in [0, 0.1) is 0 Å². The summed E-state index contributed by atoms with van der Waals surface area (Å²) in [5, 5.41) is 4.03. The number of hydrogen-bond acceptors (Lipinski definition) is 3. The second-order valence-electron chi connectivity index (χ2n) is 4.71. The second-order valence-corrected chi connectivity index (χ2v) is 5.63. The first-order valence-corrected chi connectivity index (χ1v) is 7.79. The van der Waals surface area contributed by atoms with Gasteiger partial charge in [-0.1, -0.05) is 48.6 Å². The molecule has 0 atom stereocenters. The van der Waals surface area contributed by atoms with Gasteiger partial charge < -0.3 is 0 Å². The molecule has 4 nitrogen and oxygen atoms in total. The van der Waals surface area contributed by atoms with Gasteiger partial charge in [-0.3, -0.25) is 9.78 Å². The summed E-state index contributed by atoms with van der Waals surface area (Å²) < 4.78 is 0.747. The Morgan fingerprint density at radius 2 is 2.00 bits per heavy atom. The lowest BCUT2D eigenvalue weighted by Crippen LogP contribution is -2.18. The molecule has 1 aromatic heterocycles. The Hall–Kier alpha value is -2.53. The summed E-state index contributed by atoms with van der Waals surface area (Å²) in [6.45, 7) is 1.81. The van der Waals surface area contributed by atoms with E-state index in [-0.39, 0.29) is 5.91 Å². The fraction of sp³-hybridized carbons (Fsp3) is 0.0556. The molecule has 1 aromatic carbocycles. The zero-order valence-electron chi connectivity index (χ0n) is 12.6. The summed E-state index contributed by atoms with van der Waals surface area (Å²) in [4.78, 5) is 15.8. The van der Waals surface area contributed by atoms with Gasteiger partial charge in [0.15, 0.2) is 0 Å². The summed E-state index contributed by atoms with van der Waals surface area (Å²) in [7, 11) is 0. The van der Waals surface area contributed by atoms with Crippen LogP contribution in [0.4, 0.5) is 0 Å². The van der Waals surface area contributed by atoms with Crippen molar-refractivity contribution in [3.8, 4) is 0 Å². The van der Waals surface area contributed by atoms with Gasteiger partial charge in [0.1, 0.15) is 0 Å². The molecular weight excluding hydrogens is 354 g/mol. The van der Waals surface area contributed by atoms with Crippen molar-refractivity contribution in [2.24, 2.45) is 5.10 Å². The van der Waals surface area contributed by atoms with E-state index in [4.69, 9.17) is 0 Å². The van der Waals surface area contributed by atoms with Gasteiger partial charge in [0.2, 0.25) is 0 Å². The molecule has 0 fully saturated rings. The van der Waals surface area contributed by atoms with Gasteiger partial charge in [-0.05, 0) is 40.6 Å². The molecule has 0 saturated carbocycles. The molecule has 1 amide bonds. The maximum Gasteiger partial charge on any atom is 0.272 e. The van der Waals surface area contributed by atoms with Crippen LogP contribution < -0.4 is 5.43 Å². The number of carbonyl (C=O) groups is 1. The van der Waals surface area contributed by atoms with Crippen molar-refractivity contribution in [1.29, 1.82) is 0 Å². The highest BCUT2D eigenvalue weighted by Crippen LogP contribution is 2.09. The standard InChI is InChI=1S/C18H16BrN3O/c1-14(7-5-6-10-15-8-3-2-4-9-15)21-22-18(23)16-11-17(19)13-20-12-16/h2-13H,1H3,(H,22,23)/b7-5-,10-6+,21-14-. The number of halogens is 1. The van der Waals surface area contributed by atoms with Gasteiger partial charge in [-0.2, -0.15) is 5.10 Å². The van der Waals surface area contributed by atoms with Gasteiger partial charge in [0, 0.05) is 16.9 Å². The summed E-state index contributed by atoms with van der Waals surface area (Å²) in [5.74, 6) is -0.300. The first-order valence-electron chi connectivity index (χ1n) is 7.00. The molecule has 0 radical (unpaired) electrons. The van der Waals surface area contributed by atoms with E-state index in [0.717, 1.165) is 10.0 Å². The zero-order valence-corrected chi connectivity index (χ0v) is 14.2. The number of pyridine rings is 1. The number of aromatic nitrogens is 1. The third-order valence-corrected chi connectivity index (χ3v) is 3.27. The molecule has 116 valence electrons. The van der Waals surface area contributed by atoms with Crippen LogP contribution in [0.2, 0.25) is 0 Å². The Bertz CT molecular complexity index is 752. The van der Waals surface area contributed by atoms with Gasteiger partial charge >= 0.3 is 0 Å². The van der Waals surface area contributed by atoms with Crippen molar-refractivity contribution >= 4 is 33.6 Å². The first kappa shape index (κ1) is 16.8. The minimum Gasteiger partial charge on any atom is -0.267 e. The molecule has 2 rings (SSSR count). The van der Waals surface area contributed by atoms with Crippen LogP contribution in [0.3, 0.4) is 0 Å². The van der Waals surface area contributed by atoms with Crippen molar-refractivity contribution in [1.82, 2.24) is 10.4 Å². The maximum atomic E-state index is 11.9. The van der Waals surface area contributed by atoms with Crippen molar-refractivity contribution in [2.45, 2.75) is 6.92 Å². The van der Waals surface area contributed by atoms with Crippen molar-refractivity contribution in [2.75, 3.05) is 0 Å². The second kappa shape index (κ2) is 8.80. The third-order valence-electron chi connectivity index (χ3n) is 2.84. The number of carbonyl (C=O) groups excluding carboxylic acids is 1. The van der Waals surface area contributed by atoms with Crippen LogP contribution >= 0.6 is 15.9 Å². The SMILES string of the molecule is CC(/C=C\C=C\c1ccccc1)=N/NC(=O)c1cncc(Br)c1. The average molecular weight is 370 g/mol. The predicted octanol–water partition coefficient (Wildman–Crippen LogP) is 4.22. The van der Waals surface area contributed by atoms with Gasteiger partial charge in [0.05, 0.1) is 11.3 Å². The number of benzene rings is 1. The molecule has 0 unspecified atom stereocenters. The van der Waals surface area contributed by atoms with Gasteiger partial charge in [-0.25, -0.2) is 5.43 Å². The van der Waals surface area contributed by atoms with E-state index in [2.05, 4.69) is 31.4 Å². The van der Waals surface area contributed by atoms with E-state index in [1.165, 1.54) is 6.20 Å². The highest BCUT2D eigenvalue weighted by Gasteiger charge is 2.04. The Morgan fingerprint density at radius 1 is 1.22 bits per heavy atom. The summed E-state index contributed by atoms with van der Waals surface area (Å²) >= 11 is 3.27. The van der Waals surface area contributed by atoms with Crippen molar-refractivity contribution < 1.29 is 4.79 Å². The molecule has 23 heavy (non-hydrogen) atoms.